The van der Waals surface area contributed by atoms with Crippen molar-refractivity contribution in [2.45, 2.75) is 37.1 Å². The molecule has 1 amide bonds. The number of H-pyrrole nitrogens is 1. The predicted molar refractivity (Wildman–Crippen MR) is 118 cm³/mol. The number of aromatic nitrogens is 1. The van der Waals surface area contributed by atoms with Gasteiger partial charge in [-0.2, -0.15) is 4.31 Å². The monoisotopic (exact) mass is 445 g/mol. The van der Waals surface area contributed by atoms with Crippen LogP contribution in [0.1, 0.15) is 29.7 Å². The summed E-state index contributed by atoms with van der Waals surface area (Å²) in [6.45, 7) is -0.0239. The first-order valence-electron chi connectivity index (χ1n) is 9.96. The van der Waals surface area contributed by atoms with Crippen LogP contribution in [0.4, 0.5) is 0 Å². The molecule has 0 saturated carbocycles. The van der Waals surface area contributed by atoms with Gasteiger partial charge in [-0.3, -0.25) is 4.79 Å². The van der Waals surface area contributed by atoms with E-state index in [2.05, 4.69) is 10.3 Å². The average molecular weight is 446 g/mol. The number of likely N-dealkylation sites (N-methyl/N-ethyl adjacent to an activating group) is 1. The summed E-state index contributed by atoms with van der Waals surface area (Å²) in [5.41, 5.74) is 4.16. The number of carbonyl (C=O) groups excluding carboxylic acids is 1. The molecule has 1 aromatic heterocycles. The maximum Gasteiger partial charge on any atom is 0.243 e. The first kappa shape index (κ1) is 20.9. The second-order valence-corrected chi connectivity index (χ2v) is 10.1. The molecule has 0 aliphatic heterocycles. The number of aromatic amines is 1. The number of benzene rings is 2. The lowest BCUT2D eigenvalue weighted by atomic mass is 9.96. The molecule has 0 unspecified atom stereocenters. The van der Waals surface area contributed by atoms with Crippen LogP contribution in [-0.2, 0) is 34.2 Å². The summed E-state index contributed by atoms with van der Waals surface area (Å²) in [6, 6.07) is 12.3. The van der Waals surface area contributed by atoms with Crippen LogP contribution in [0.3, 0.4) is 0 Å². The van der Waals surface area contributed by atoms with Crippen LogP contribution < -0.4 is 5.32 Å². The second-order valence-electron chi connectivity index (χ2n) is 7.63. The van der Waals surface area contributed by atoms with Gasteiger partial charge in [0.2, 0.25) is 15.9 Å². The molecule has 2 N–H and O–H groups in total. The number of sulfonamides is 1. The molecule has 4 rings (SSSR count). The Bertz CT molecular complexity index is 1200. The predicted octanol–water partition coefficient (Wildman–Crippen LogP) is 3.64. The summed E-state index contributed by atoms with van der Waals surface area (Å²) in [7, 11) is -2.37. The summed E-state index contributed by atoms with van der Waals surface area (Å²) in [6.07, 6.45) is 4.22. The van der Waals surface area contributed by atoms with E-state index in [9.17, 15) is 13.2 Å². The third-order valence-electron chi connectivity index (χ3n) is 5.58. The van der Waals surface area contributed by atoms with Crippen LogP contribution >= 0.6 is 11.6 Å². The standard InChI is InChI=1S/C22H24ClN3O3S/c1-26(14-22(27)24-13-15-6-2-4-8-19(15)23)30(28,29)16-10-11-21-18(12-16)17-7-3-5-9-20(17)25-21/h2,4,6,8,10-12,25H,3,5,7,9,13-14H2,1H3,(H,24,27). The molecule has 3 aromatic rings. The van der Waals surface area contributed by atoms with E-state index in [4.69, 9.17) is 11.6 Å². The molecule has 158 valence electrons. The zero-order chi connectivity index (χ0) is 21.3. The molecule has 0 spiro atoms. The normalized spacial score (nSPS) is 14.1. The summed E-state index contributed by atoms with van der Waals surface area (Å²) in [5, 5.41) is 4.24. The fourth-order valence-electron chi connectivity index (χ4n) is 3.90. The van der Waals surface area contributed by atoms with Gasteiger partial charge in [0.05, 0.1) is 11.4 Å². The maximum atomic E-state index is 13.0. The minimum Gasteiger partial charge on any atom is -0.358 e. The number of hydrogen-bond donors (Lipinski definition) is 2. The van der Waals surface area contributed by atoms with Crippen molar-refractivity contribution in [1.82, 2.24) is 14.6 Å². The molecule has 0 fully saturated rings. The van der Waals surface area contributed by atoms with Crippen molar-refractivity contribution < 1.29 is 13.2 Å². The Labute approximate surface area is 181 Å². The Morgan fingerprint density at radius 1 is 1.17 bits per heavy atom. The quantitative estimate of drug-likeness (QED) is 0.607. The van der Waals surface area contributed by atoms with Crippen molar-refractivity contribution in [3.05, 3.63) is 64.3 Å². The number of halogens is 1. The van der Waals surface area contributed by atoms with Gasteiger partial charge in [-0.1, -0.05) is 29.8 Å². The van der Waals surface area contributed by atoms with E-state index >= 15 is 0 Å². The highest BCUT2D eigenvalue weighted by Crippen LogP contribution is 2.31. The first-order chi connectivity index (χ1) is 14.4. The van der Waals surface area contributed by atoms with E-state index < -0.39 is 10.0 Å². The van der Waals surface area contributed by atoms with Gasteiger partial charge in [-0.05, 0) is 61.1 Å². The third kappa shape index (κ3) is 4.10. The molecule has 30 heavy (non-hydrogen) atoms. The first-order valence-corrected chi connectivity index (χ1v) is 11.8. The van der Waals surface area contributed by atoms with Gasteiger partial charge in [-0.15, -0.1) is 0 Å². The van der Waals surface area contributed by atoms with E-state index in [1.165, 1.54) is 18.3 Å². The topological polar surface area (TPSA) is 82.3 Å². The number of rotatable bonds is 6. The minimum absolute atomic E-state index is 0.198. The lowest BCUT2D eigenvalue weighted by Gasteiger charge is -2.17. The maximum absolute atomic E-state index is 13.0. The summed E-state index contributed by atoms with van der Waals surface area (Å²) < 4.78 is 27.2. The van der Waals surface area contributed by atoms with Gasteiger partial charge in [-0.25, -0.2) is 8.42 Å². The van der Waals surface area contributed by atoms with Crippen molar-refractivity contribution >= 4 is 38.4 Å². The Balaban J connectivity index is 1.48. The third-order valence-corrected chi connectivity index (χ3v) is 7.75. The molecule has 0 saturated heterocycles. The molecule has 0 radical (unpaired) electrons. The van der Waals surface area contributed by atoms with Crippen LogP contribution in [0.2, 0.25) is 5.02 Å². The minimum atomic E-state index is -3.79. The molecular weight excluding hydrogens is 422 g/mol. The lowest BCUT2D eigenvalue weighted by Crippen LogP contribution is -2.38. The second kappa shape index (κ2) is 8.41. The van der Waals surface area contributed by atoms with Gasteiger partial charge in [0.1, 0.15) is 0 Å². The van der Waals surface area contributed by atoms with Crippen molar-refractivity contribution in [1.29, 1.82) is 0 Å². The lowest BCUT2D eigenvalue weighted by molar-refractivity contribution is -0.121. The SMILES string of the molecule is CN(CC(=O)NCc1ccccc1Cl)S(=O)(=O)c1ccc2[nH]c3c(c2c1)CCCC3. The number of fused-ring (bicyclic) bond motifs is 3. The van der Waals surface area contributed by atoms with E-state index in [0.717, 1.165) is 46.5 Å². The fourth-order valence-corrected chi connectivity index (χ4v) is 5.26. The van der Waals surface area contributed by atoms with E-state index in [1.54, 1.807) is 18.2 Å². The van der Waals surface area contributed by atoms with Crippen LogP contribution in [0.25, 0.3) is 10.9 Å². The Morgan fingerprint density at radius 3 is 2.73 bits per heavy atom. The molecule has 2 aromatic carbocycles. The highest BCUT2D eigenvalue weighted by molar-refractivity contribution is 7.89. The van der Waals surface area contributed by atoms with Gasteiger partial charge < -0.3 is 10.3 Å². The number of nitrogens with zero attached hydrogens (tertiary/aromatic N) is 1. The molecule has 1 aliphatic carbocycles. The van der Waals surface area contributed by atoms with E-state index in [-0.39, 0.29) is 23.9 Å². The van der Waals surface area contributed by atoms with Gasteiger partial charge >= 0.3 is 0 Å². The Morgan fingerprint density at radius 2 is 1.93 bits per heavy atom. The van der Waals surface area contributed by atoms with Crippen molar-refractivity contribution in [3.8, 4) is 0 Å². The summed E-state index contributed by atoms with van der Waals surface area (Å²) in [4.78, 5) is 15.9. The highest BCUT2D eigenvalue weighted by Gasteiger charge is 2.25. The Kier molecular flexibility index (Phi) is 5.86. The van der Waals surface area contributed by atoms with Crippen molar-refractivity contribution in [2.24, 2.45) is 0 Å². The molecular formula is C22H24ClN3O3S. The van der Waals surface area contributed by atoms with Crippen molar-refractivity contribution in [2.75, 3.05) is 13.6 Å². The number of aryl methyl sites for hydroxylation is 2. The number of amides is 1. The molecule has 8 heteroatoms. The molecule has 1 heterocycles. The average Bonchev–Trinajstić information content (AvgIpc) is 3.11. The zero-order valence-electron chi connectivity index (χ0n) is 16.7. The smallest absolute Gasteiger partial charge is 0.243 e. The molecule has 0 bridgehead atoms. The Hall–Kier alpha value is -2.35. The van der Waals surface area contributed by atoms with Crippen molar-refractivity contribution in [3.63, 3.8) is 0 Å². The van der Waals surface area contributed by atoms with Crippen LogP contribution in [0.5, 0.6) is 0 Å². The molecule has 6 nitrogen and oxygen atoms in total. The molecule has 1 aliphatic rings. The summed E-state index contributed by atoms with van der Waals surface area (Å²) in [5.74, 6) is -0.388. The van der Waals surface area contributed by atoms with Crippen LogP contribution in [0.15, 0.2) is 47.4 Å². The number of nitrogens with one attached hydrogen (secondary N) is 2. The van der Waals surface area contributed by atoms with Gasteiger partial charge in [0, 0.05) is 35.2 Å². The summed E-state index contributed by atoms with van der Waals surface area (Å²) >= 11 is 6.09. The van der Waals surface area contributed by atoms with E-state index in [0.29, 0.717) is 5.02 Å². The highest BCUT2D eigenvalue weighted by atomic mass is 35.5. The van der Waals surface area contributed by atoms with Gasteiger partial charge in [0.15, 0.2) is 0 Å². The van der Waals surface area contributed by atoms with Crippen LogP contribution in [0, 0.1) is 0 Å². The van der Waals surface area contributed by atoms with Gasteiger partial charge in [0.25, 0.3) is 0 Å². The van der Waals surface area contributed by atoms with E-state index in [1.807, 2.05) is 24.3 Å². The number of hydrogen-bond acceptors (Lipinski definition) is 3. The number of carbonyl (C=O) groups is 1. The molecule has 0 atom stereocenters. The van der Waals surface area contributed by atoms with Crippen LogP contribution in [-0.4, -0.2) is 37.2 Å². The zero-order valence-corrected chi connectivity index (χ0v) is 18.3. The largest absolute Gasteiger partial charge is 0.358 e. The fraction of sp³-hybridized carbons (Fsp3) is 0.318.